The summed E-state index contributed by atoms with van der Waals surface area (Å²) in [5.41, 5.74) is 1.18. The van der Waals surface area contributed by atoms with Gasteiger partial charge in [-0.05, 0) is 31.9 Å². The number of carbonyl (C=O) groups is 1. The van der Waals surface area contributed by atoms with Gasteiger partial charge in [0.2, 0.25) is 0 Å². The molecule has 0 saturated heterocycles. The minimum Gasteiger partial charge on any atom is -0.349 e. The van der Waals surface area contributed by atoms with Gasteiger partial charge in [-0.3, -0.25) is 4.79 Å². The Kier molecular flexibility index (Phi) is 3.93. The Hall–Kier alpha value is -1.06. The second-order valence-corrected chi connectivity index (χ2v) is 5.96. The fraction of sp³-hybridized carbons (Fsp3) is 0.357. The highest BCUT2D eigenvalue weighted by molar-refractivity contribution is 7.21. The van der Waals surface area contributed by atoms with Crippen molar-refractivity contribution in [2.24, 2.45) is 0 Å². The Morgan fingerprint density at radius 3 is 2.89 bits per heavy atom. The SMILES string of the molecule is CC[C@H](C)NC(=O)c1sc2cc(C)ccc2c1Cl. The van der Waals surface area contributed by atoms with Crippen molar-refractivity contribution >= 4 is 38.9 Å². The van der Waals surface area contributed by atoms with Gasteiger partial charge in [-0.2, -0.15) is 0 Å². The van der Waals surface area contributed by atoms with Crippen molar-refractivity contribution in [3.63, 3.8) is 0 Å². The van der Waals surface area contributed by atoms with Gasteiger partial charge >= 0.3 is 0 Å². The van der Waals surface area contributed by atoms with Crippen molar-refractivity contribution < 1.29 is 4.79 Å². The fourth-order valence-electron chi connectivity index (χ4n) is 1.71. The largest absolute Gasteiger partial charge is 0.349 e. The molecule has 1 heterocycles. The molecular weight excluding hydrogens is 266 g/mol. The summed E-state index contributed by atoms with van der Waals surface area (Å²) >= 11 is 7.74. The molecule has 96 valence electrons. The summed E-state index contributed by atoms with van der Waals surface area (Å²) in [6, 6.07) is 6.22. The molecule has 2 nitrogen and oxygen atoms in total. The monoisotopic (exact) mass is 281 g/mol. The lowest BCUT2D eigenvalue weighted by Crippen LogP contribution is -2.31. The number of rotatable bonds is 3. The van der Waals surface area contributed by atoms with Crippen LogP contribution in [0.3, 0.4) is 0 Å². The summed E-state index contributed by atoms with van der Waals surface area (Å²) < 4.78 is 1.06. The third-order valence-corrected chi connectivity index (χ3v) is 4.64. The van der Waals surface area contributed by atoms with Crippen LogP contribution in [0, 0.1) is 6.92 Å². The number of carbonyl (C=O) groups excluding carboxylic acids is 1. The number of thiophene rings is 1. The third kappa shape index (κ3) is 2.52. The van der Waals surface area contributed by atoms with E-state index in [0.29, 0.717) is 9.90 Å². The van der Waals surface area contributed by atoms with Crippen LogP contribution in [0.2, 0.25) is 5.02 Å². The van der Waals surface area contributed by atoms with Crippen LogP contribution in [0.4, 0.5) is 0 Å². The van der Waals surface area contributed by atoms with Crippen LogP contribution in [0.25, 0.3) is 10.1 Å². The van der Waals surface area contributed by atoms with E-state index in [4.69, 9.17) is 11.6 Å². The van der Waals surface area contributed by atoms with Gasteiger partial charge in [-0.1, -0.05) is 30.7 Å². The van der Waals surface area contributed by atoms with Crippen molar-refractivity contribution in [1.82, 2.24) is 5.32 Å². The number of benzene rings is 1. The molecule has 1 aromatic heterocycles. The molecule has 18 heavy (non-hydrogen) atoms. The van der Waals surface area contributed by atoms with E-state index in [-0.39, 0.29) is 11.9 Å². The van der Waals surface area contributed by atoms with Gasteiger partial charge in [0.1, 0.15) is 4.88 Å². The Morgan fingerprint density at radius 1 is 1.50 bits per heavy atom. The normalized spacial score (nSPS) is 12.7. The van der Waals surface area contributed by atoms with E-state index < -0.39 is 0 Å². The fourth-order valence-corrected chi connectivity index (χ4v) is 3.23. The second-order valence-electron chi connectivity index (χ2n) is 4.53. The van der Waals surface area contributed by atoms with Gasteiger partial charge in [-0.25, -0.2) is 0 Å². The van der Waals surface area contributed by atoms with Crippen LogP contribution in [0.1, 0.15) is 35.5 Å². The van der Waals surface area contributed by atoms with Crippen molar-refractivity contribution in [3.05, 3.63) is 33.7 Å². The average Bonchev–Trinajstić information content (AvgIpc) is 2.66. The quantitative estimate of drug-likeness (QED) is 0.888. The lowest BCUT2D eigenvalue weighted by Gasteiger charge is -2.10. The number of aryl methyl sites for hydroxylation is 1. The molecule has 0 aliphatic rings. The summed E-state index contributed by atoms with van der Waals surface area (Å²) in [6.45, 7) is 6.07. The van der Waals surface area contributed by atoms with Crippen molar-refractivity contribution in [3.8, 4) is 0 Å². The maximum Gasteiger partial charge on any atom is 0.263 e. The Labute approximate surface area is 116 Å². The highest BCUT2D eigenvalue weighted by atomic mass is 35.5. The minimum atomic E-state index is -0.0757. The molecule has 1 atom stereocenters. The first kappa shape index (κ1) is 13.4. The zero-order valence-corrected chi connectivity index (χ0v) is 12.3. The smallest absolute Gasteiger partial charge is 0.263 e. The molecule has 4 heteroatoms. The summed E-state index contributed by atoms with van der Waals surface area (Å²) in [5.74, 6) is -0.0757. The zero-order valence-electron chi connectivity index (χ0n) is 10.7. The van der Waals surface area contributed by atoms with Crippen molar-refractivity contribution in [1.29, 1.82) is 0 Å². The number of amides is 1. The van der Waals surface area contributed by atoms with E-state index in [1.807, 2.05) is 32.9 Å². The van der Waals surface area contributed by atoms with Crippen LogP contribution in [0.5, 0.6) is 0 Å². The molecular formula is C14H16ClNOS. The van der Waals surface area contributed by atoms with Crippen LogP contribution in [0.15, 0.2) is 18.2 Å². The molecule has 1 amide bonds. The second kappa shape index (κ2) is 5.29. The molecule has 0 radical (unpaired) electrons. The predicted molar refractivity (Wildman–Crippen MR) is 78.8 cm³/mol. The Balaban J connectivity index is 2.39. The first-order chi connectivity index (χ1) is 8.52. The van der Waals surface area contributed by atoms with E-state index in [9.17, 15) is 4.79 Å². The lowest BCUT2D eigenvalue weighted by molar-refractivity contribution is 0.0943. The highest BCUT2D eigenvalue weighted by Crippen LogP contribution is 2.35. The average molecular weight is 282 g/mol. The summed E-state index contributed by atoms with van der Waals surface area (Å²) in [6.07, 6.45) is 0.910. The maximum absolute atomic E-state index is 12.1. The lowest BCUT2D eigenvalue weighted by atomic mass is 10.2. The molecule has 0 unspecified atom stereocenters. The number of fused-ring (bicyclic) bond motifs is 1. The number of hydrogen-bond acceptors (Lipinski definition) is 2. The van der Waals surface area contributed by atoms with Crippen LogP contribution < -0.4 is 5.32 Å². The summed E-state index contributed by atoms with van der Waals surface area (Å²) in [4.78, 5) is 12.7. The molecule has 1 aromatic carbocycles. The van der Waals surface area contributed by atoms with E-state index in [1.54, 1.807) is 0 Å². The molecule has 2 aromatic rings. The van der Waals surface area contributed by atoms with Crippen LogP contribution in [-0.4, -0.2) is 11.9 Å². The van der Waals surface area contributed by atoms with Gasteiger partial charge in [-0.15, -0.1) is 11.3 Å². The molecule has 0 bridgehead atoms. The highest BCUT2D eigenvalue weighted by Gasteiger charge is 2.17. The van der Waals surface area contributed by atoms with Crippen molar-refractivity contribution in [2.45, 2.75) is 33.2 Å². The molecule has 1 N–H and O–H groups in total. The first-order valence-electron chi connectivity index (χ1n) is 6.02. The first-order valence-corrected chi connectivity index (χ1v) is 7.22. The van der Waals surface area contributed by atoms with Crippen LogP contribution >= 0.6 is 22.9 Å². The van der Waals surface area contributed by atoms with E-state index in [0.717, 1.165) is 16.5 Å². The molecule has 0 aliphatic heterocycles. The minimum absolute atomic E-state index is 0.0757. The Bertz CT molecular complexity index is 591. The molecule has 0 fully saturated rings. The number of hydrogen-bond donors (Lipinski definition) is 1. The van der Waals surface area contributed by atoms with E-state index in [2.05, 4.69) is 11.4 Å². The third-order valence-electron chi connectivity index (χ3n) is 2.98. The van der Waals surface area contributed by atoms with Gasteiger partial charge < -0.3 is 5.32 Å². The standard InChI is InChI=1S/C14H16ClNOS/c1-4-9(3)16-14(17)13-12(15)10-6-5-8(2)7-11(10)18-13/h5-7,9H,4H2,1-3H3,(H,16,17)/t9-/m0/s1. The zero-order chi connectivity index (χ0) is 13.3. The summed E-state index contributed by atoms with van der Waals surface area (Å²) in [5, 5.41) is 4.47. The molecule has 0 saturated carbocycles. The predicted octanol–water partition coefficient (Wildman–Crippen LogP) is 4.39. The van der Waals surface area contributed by atoms with Crippen molar-refractivity contribution in [2.75, 3.05) is 0 Å². The topological polar surface area (TPSA) is 29.1 Å². The molecule has 0 spiro atoms. The maximum atomic E-state index is 12.1. The van der Waals surface area contributed by atoms with Gasteiger partial charge in [0.15, 0.2) is 0 Å². The van der Waals surface area contributed by atoms with Crippen LogP contribution in [-0.2, 0) is 0 Å². The molecule has 2 rings (SSSR count). The van der Waals surface area contributed by atoms with Gasteiger partial charge in [0, 0.05) is 16.1 Å². The van der Waals surface area contributed by atoms with E-state index in [1.165, 1.54) is 16.9 Å². The van der Waals surface area contributed by atoms with Gasteiger partial charge in [0.05, 0.1) is 5.02 Å². The van der Waals surface area contributed by atoms with Gasteiger partial charge in [0.25, 0.3) is 5.91 Å². The number of nitrogens with one attached hydrogen (secondary N) is 1. The number of halogens is 1. The summed E-state index contributed by atoms with van der Waals surface area (Å²) in [7, 11) is 0. The molecule has 0 aliphatic carbocycles. The van der Waals surface area contributed by atoms with E-state index >= 15 is 0 Å². The Morgan fingerprint density at radius 2 is 2.22 bits per heavy atom.